The van der Waals surface area contributed by atoms with Gasteiger partial charge in [0.05, 0.1) is 6.61 Å². The van der Waals surface area contributed by atoms with Crippen LogP contribution in [0.15, 0.2) is 0 Å². The highest BCUT2D eigenvalue weighted by molar-refractivity contribution is 6.36. The summed E-state index contributed by atoms with van der Waals surface area (Å²) in [5.41, 5.74) is 5.62. The van der Waals surface area contributed by atoms with E-state index < -0.39 is 9.53 Å². The third kappa shape index (κ3) is 5.34. The molecule has 11 heavy (non-hydrogen) atoms. The molecule has 0 rings (SSSR count). The summed E-state index contributed by atoms with van der Waals surface area (Å²) in [5.74, 6) is 0. The summed E-state index contributed by atoms with van der Waals surface area (Å²) in [6.45, 7) is 2.54. The Balaban J connectivity index is 3.34. The lowest BCUT2D eigenvalue weighted by atomic mass is 10.3. The van der Waals surface area contributed by atoms with Gasteiger partial charge >= 0.3 is 9.53 Å². The molecule has 0 fully saturated rings. The summed E-state index contributed by atoms with van der Waals surface area (Å²) >= 11 is 0. The van der Waals surface area contributed by atoms with Crippen LogP contribution in [0.5, 0.6) is 0 Å². The highest BCUT2D eigenvalue weighted by Crippen LogP contribution is 1.92. The molecule has 4 nitrogen and oxygen atoms in total. The van der Waals surface area contributed by atoms with Gasteiger partial charge in [0, 0.05) is 20.3 Å². The van der Waals surface area contributed by atoms with E-state index in [0.29, 0.717) is 6.61 Å². The molecule has 1 unspecified atom stereocenters. The number of rotatable bonds is 6. The van der Waals surface area contributed by atoms with Gasteiger partial charge in [0.1, 0.15) is 0 Å². The largest absolute Gasteiger partial charge is 0.483 e. The van der Waals surface area contributed by atoms with Crippen molar-refractivity contribution in [2.45, 2.75) is 19.4 Å². The van der Waals surface area contributed by atoms with Crippen LogP contribution >= 0.6 is 0 Å². The molecule has 0 saturated heterocycles. The van der Waals surface area contributed by atoms with Crippen LogP contribution in [-0.4, -0.2) is 36.4 Å². The average Bonchev–Trinajstić information content (AvgIpc) is 2.06. The van der Waals surface area contributed by atoms with E-state index in [2.05, 4.69) is 0 Å². The summed E-state index contributed by atoms with van der Waals surface area (Å²) in [7, 11) is 1.32. The first-order chi connectivity index (χ1) is 5.24. The maximum Gasteiger partial charge on any atom is 0.483 e. The minimum absolute atomic E-state index is 0.0929. The molecule has 5 heteroatoms. The predicted molar refractivity (Wildman–Crippen MR) is 45.4 cm³/mol. The third-order valence-electron chi connectivity index (χ3n) is 1.36. The second-order valence-electron chi connectivity index (χ2n) is 2.26. The fourth-order valence-electron chi connectivity index (χ4n) is 0.552. The molecular weight excluding hydrogens is 162 g/mol. The van der Waals surface area contributed by atoms with Crippen molar-refractivity contribution in [2.24, 2.45) is 5.73 Å². The smallest absolute Gasteiger partial charge is 0.379 e. The summed E-state index contributed by atoms with van der Waals surface area (Å²) in [6.07, 6.45) is 0.911. The Hall–Kier alpha value is 0.0569. The second kappa shape index (κ2) is 6.75. The Labute approximate surface area is 69.6 Å². The molecule has 0 bridgehead atoms. The first kappa shape index (κ1) is 11.1. The van der Waals surface area contributed by atoms with Crippen molar-refractivity contribution in [1.82, 2.24) is 0 Å². The van der Waals surface area contributed by atoms with Crippen molar-refractivity contribution in [3.8, 4) is 0 Å². The fourth-order valence-corrected chi connectivity index (χ4v) is 1.42. The monoisotopic (exact) mass is 179 g/mol. The molecule has 0 aliphatic rings. The minimum atomic E-state index is -1.84. The highest BCUT2D eigenvalue weighted by atomic mass is 28.3. The molecule has 0 aromatic heterocycles. The Morgan fingerprint density at radius 2 is 1.91 bits per heavy atom. The Kier molecular flexibility index (Phi) is 6.78. The predicted octanol–water partition coefficient (Wildman–Crippen LogP) is -0.250. The molecule has 0 saturated carbocycles. The lowest BCUT2D eigenvalue weighted by molar-refractivity contribution is 0.127. The SMILES string of the molecule is CCC(N)CO[SiH](OC)OC. The Morgan fingerprint density at radius 3 is 2.27 bits per heavy atom. The standard InChI is InChI=1S/C6H17NO3Si/c1-4-6(7)5-10-11(8-2)9-3/h6,11H,4-5,7H2,1-3H3. The zero-order valence-corrected chi connectivity index (χ0v) is 8.53. The molecule has 0 aromatic carbocycles. The number of nitrogens with two attached hydrogens (primary N) is 1. The van der Waals surface area contributed by atoms with Crippen molar-refractivity contribution in [2.75, 3.05) is 20.8 Å². The maximum atomic E-state index is 5.62. The van der Waals surface area contributed by atoms with Crippen LogP contribution in [0.4, 0.5) is 0 Å². The third-order valence-corrected chi connectivity index (χ3v) is 2.59. The van der Waals surface area contributed by atoms with E-state index in [0.717, 1.165) is 6.42 Å². The molecule has 0 aliphatic heterocycles. The normalized spacial score (nSPS) is 13.9. The molecular formula is C6H17NO3Si. The van der Waals surface area contributed by atoms with Crippen molar-refractivity contribution in [3.05, 3.63) is 0 Å². The van der Waals surface area contributed by atoms with Crippen LogP contribution in [0.1, 0.15) is 13.3 Å². The van der Waals surface area contributed by atoms with E-state index >= 15 is 0 Å². The van der Waals surface area contributed by atoms with Gasteiger partial charge in [0.2, 0.25) is 0 Å². The van der Waals surface area contributed by atoms with Crippen LogP contribution in [-0.2, 0) is 13.3 Å². The van der Waals surface area contributed by atoms with Crippen molar-refractivity contribution >= 4 is 9.53 Å². The van der Waals surface area contributed by atoms with Gasteiger partial charge in [-0.15, -0.1) is 0 Å². The molecule has 68 valence electrons. The van der Waals surface area contributed by atoms with Crippen LogP contribution in [0.25, 0.3) is 0 Å². The Morgan fingerprint density at radius 1 is 1.36 bits per heavy atom. The molecule has 0 amide bonds. The molecule has 1 atom stereocenters. The number of hydrogen-bond acceptors (Lipinski definition) is 4. The summed E-state index contributed by atoms with van der Waals surface area (Å²) in [5, 5.41) is 0. The first-order valence-corrected chi connectivity index (χ1v) is 5.08. The van der Waals surface area contributed by atoms with Crippen LogP contribution < -0.4 is 5.73 Å². The molecule has 0 heterocycles. The minimum Gasteiger partial charge on any atom is -0.379 e. The van der Waals surface area contributed by atoms with Gasteiger partial charge in [0.15, 0.2) is 0 Å². The van der Waals surface area contributed by atoms with E-state index in [4.69, 9.17) is 19.0 Å². The van der Waals surface area contributed by atoms with E-state index in [1.165, 1.54) is 0 Å². The first-order valence-electron chi connectivity index (χ1n) is 3.67. The van der Waals surface area contributed by atoms with E-state index in [1.807, 2.05) is 6.92 Å². The molecule has 0 aromatic rings. The van der Waals surface area contributed by atoms with Gasteiger partial charge in [-0.05, 0) is 6.42 Å². The topological polar surface area (TPSA) is 53.7 Å². The van der Waals surface area contributed by atoms with Gasteiger partial charge in [0.25, 0.3) is 0 Å². The maximum absolute atomic E-state index is 5.62. The average molecular weight is 179 g/mol. The molecule has 0 spiro atoms. The molecule has 2 N–H and O–H groups in total. The van der Waals surface area contributed by atoms with Gasteiger partial charge in [-0.2, -0.15) is 0 Å². The van der Waals surface area contributed by atoms with Gasteiger partial charge < -0.3 is 19.0 Å². The van der Waals surface area contributed by atoms with Crippen LogP contribution in [0.3, 0.4) is 0 Å². The van der Waals surface area contributed by atoms with Gasteiger partial charge in [-0.3, -0.25) is 0 Å². The van der Waals surface area contributed by atoms with Crippen molar-refractivity contribution in [1.29, 1.82) is 0 Å². The van der Waals surface area contributed by atoms with Crippen LogP contribution in [0.2, 0.25) is 0 Å². The summed E-state index contributed by atoms with van der Waals surface area (Å²) in [4.78, 5) is 0. The van der Waals surface area contributed by atoms with E-state index in [-0.39, 0.29) is 6.04 Å². The number of hydrogen-bond donors (Lipinski definition) is 1. The summed E-state index contributed by atoms with van der Waals surface area (Å²) in [6, 6.07) is 0.0929. The lowest BCUT2D eigenvalue weighted by Crippen LogP contribution is -2.32. The van der Waals surface area contributed by atoms with E-state index in [9.17, 15) is 0 Å². The second-order valence-corrected chi connectivity index (χ2v) is 4.12. The zero-order chi connectivity index (χ0) is 8.69. The molecule has 0 radical (unpaired) electrons. The van der Waals surface area contributed by atoms with Crippen molar-refractivity contribution < 1.29 is 13.3 Å². The van der Waals surface area contributed by atoms with Crippen molar-refractivity contribution in [3.63, 3.8) is 0 Å². The Bertz CT molecular complexity index is 89.9. The van der Waals surface area contributed by atoms with Crippen LogP contribution in [0, 0.1) is 0 Å². The zero-order valence-electron chi connectivity index (χ0n) is 7.37. The fraction of sp³-hybridized carbons (Fsp3) is 1.00. The summed E-state index contributed by atoms with van der Waals surface area (Å²) < 4.78 is 15.1. The quantitative estimate of drug-likeness (QED) is 0.571. The van der Waals surface area contributed by atoms with E-state index in [1.54, 1.807) is 14.2 Å². The molecule has 0 aliphatic carbocycles. The van der Waals surface area contributed by atoms with Gasteiger partial charge in [-0.1, -0.05) is 6.92 Å². The lowest BCUT2D eigenvalue weighted by Gasteiger charge is -2.14. The highest BCUT2D eigenvalue weighted by Gasteiger charge is 2.11. The van der Waals surface area contributed by atoms with Gasteiger partial charge in [-0.25, -0.2) is 0 Å².